The molecule has 1 aromatic carbocycles. The van der Waals surface area contributed by atoms with Crippen LogP contribution in [0.1, 0.15) is 32.8 Å². The maximum Gasteiger partial charge on any atom is 0.277 e. The van der Waals surface area contributed by atoms with Gasteiger partial charge >= 0.3 is 0 Å². The standard InChI is InChI=1S/C22H30N2O5/c1-4-12-29-18-7-5-17(6-8-18)19-20(23-9-13-27-14-10-23)22(26)24(21(19)25)11-15-28-16(2)3/h5-8,16H,4,9-15H2,1-3H3. The van der Waals surface area contributed by atoms with Crippen molar-refractivity contribution in [3.8, 4) is 5.75 Å². The van der Waals surface area contributed by atoms with Crippen LogP contribution in [0, 0.1) is 0 Å². The fourth-order valence-electron chi connectivity index (χ4n) is 3.42. The Hall–Kier alpha value is -2.38. The first-order valence-corrected chi connectivity index (χ1v) is 10.3. The third-order valence-electron chi connectivity index (χ3n) is 4.85. The molecule has 2 heterocycles. The van der Waals surface area contributed by atoms with Crippen molar-refractivity contribution in [2.45, 2.75) is 33.3 Å². The Kier molecular flexibility index (Phi) is 7.28. The lowest BCUT2D eigenvalue weighted by Gasteiger charge is -2.29. The summed E-state index contributed by atoms with van der Waals surface area (Å²) in [5, 5.41) is 0. The van der Waals surface area contributed by atoms with Crippen molar-refractivity contribution >= 4 is 17.4 Å². The van der Waals surface area contributed by atoms with Gasteiger partial charge in [-0.3, -0.25) is 14.5 Å². The molecular weight excluding hydrogens is 372 g/mol. The van der Waals surface area contributed by atoms with E-state index in [1.165, 1.54) is 4.90 Å². The SMILES string of the molecule is CCCOc1ccc(C2=C(N3CCOCC3)C(=O)N(CCOC(C)C)C2=O)cc1. The van der Waals surface area contributed by atoms with Crippen LogP contribution in [-0.4, -0.2) is 73.8 Å². The molecule has 0 unspecified atom stereocenters. The maximum atomic E-state index is 13.2. The topological polar surface area (TPSA) is 68.3 Å². The molecule has 7 nitrogen and oxygen atoms in total. The second kappa shape index (κ2) is 9.89. The van der Waals surface area contributed by atoms with E-state index in [-0.39, 0.29) is 24.5 Å². The van der Waals surface area contributed by atoms with Gasteiger partial charge in [0.1, 0.15) is 11.4 Å². The molecule has 1 saturated heterocycles. The van der Waals surface area contributed by atoms with Gasteiger partial charge in [-0.1, -0.05) is 19.1 Å². The number of amides is 2. The summed E-state index contributed by atoms with van der Waals surface area (Å²) in [6.45, 7) is 9.37. The molecule has 0 spiro atoms. The molecule has 3 rings (SSSR count). The van der Waals surface area contributed by atoms with Crippen LogP contribution in [0.2, 0.25) is 0 Å². The normalized spacial score (nSPS) is 17.7. The van der Waals surface area contributed by atoms with E-state index in [2.05, 4.69) is 0 Å². The van der Waals surface area contributed by atoms with Gasteiger partial charge in [0.05, 0.1) is 44.6 Å². The minimum atomic E-state index is -0.272. The summed E-state index contributed by atoms with van der Waals surface area (Å²) in [5.74, 6) is 0.222. The quantitative estimate of drug-likeness (QED) is 0.591. The van der Waals surface area contributed by atoms with Gasteiger partial charge in [0, 0.05) is 13.1 Å². The number of nitrogens with zero attached hydrogens (tertiary/aromatic N) is 2. The predicted octanol–water partition coefficient (Wildman–Crippen LogP) is 2.31. The number of benzene rings is 1. The Morgan fingerprint density at radius 3 is 2.34 bits per heavy atom. The summed E-state index contributed by atoms with van der Waals surface area (Å²) in [7, 11) is 0. The fourth-order valence-corrected chi connectivity index (χ4v) is 3.42. The number of morpholine rings is 1. The fraction of sp³-hybridized carbons (Fsp3) is 0.545. The number of hydrogen-bond acceptors (Lipinski definition) is 6. The Morgan fingerprint density at radius 1 is 1.03 bits per heavy atom. The highest BCUT2D eigenvalue weighted by Crippen LogP contribution is 2.32. The molecule has 1 fully saturated rings. The third kappa shape index (κ3) is 4.97. The van der Waals surface area contributed by atoms with E-state index in [9.17, 15) is 9.59 Å². The largest absolute Gasteiger partial charge is 0.494 e. The lowest BCUT2D eigenvalue weighted by Crippen LogP contribution is -2.41. The molecule has 0 N–H and O–H groups in total. The first kappa shape index (κ1) is 21.3. The number of rotatable bonds is 9. The number of carbonyl (C=O) groups is 2. The minimum absolute atomic E-state index is 0.0459. The Bertz CT molecular complexity index is 751. The highest BCUT2D eigenvalue weighted by atomic mass is 16.5. The molecule has 0 aliphatic carbocycles. The summed E-state index contributed by atoms with van der Waals surface area (Å²) in [5.41, 5.74) is 1.63. The molecule has 0 aromatic heterocycles. The summed E-state index contributed by atoms with van der Waals surface area (Å²) >= 11 is 0. The van der Waals surface area contributed by atoms with Crippen LogP contribution >= 0.6 is 0 Å². The van der Waals surface area contributed by atoms with Crippen LogP contribution in [0.5, 0.6) is 5.75 Å². The molecule has 0 atom stereocenters. The van der Waals surface area contributed by atoms with E-state index in [4.69, 9.17) is 14.2 Å². The molecule has 1 aromatic rings. The van der Waals surface area contributed by atoms with Crippen molar-refractivity contribution in [1.82, 2.24) is 9.80 Å². The van der Waals surface area contributed by atoms with Crippen LogP contribution in [-0.2, 0) is 19.1 Å². The van der Waals surface area contributed by atoms with Crippen molar-refractivity contribution in [3.63, 3.8) is 0 Å². The zero-order valence-corrected chi connectivity index (χ0v) is 17.5. The van der Waals surface area contributed by atoms with E-state index < -0.39 is 0 Å². The van der Waals surface area contributed by atoms with Crippen LogP contribution in [0.3, 0.4) is 0 Å². The van der Waals surface area contributed by atoms with Gasteiger partial charge < -0.3 is 19.1 Å². The summed E-state index contributed by atoms with van der Waals surface area (Å²) in [6.07, 6.45) is 0.971. The van der Waals surface area contributed by atoms with E-state index in [1.54, 1.807) is 0 Å². The molecule has 158 valence electrons. The van der Waals surface area contributed by atoms with Crippen molar-refractivity contribution in [1.29, 1.82) is 0 Å². The lowest BCUT2D eigenvalue weighted by molar-refractivity contribution is -0.138. The second-order valence-corrected chi connectivity index (χ2v) is 7.38. The molecule has 0 radical (unpaired) electrons. The van der Waals surface area contributed by atoms with Gasteiger partial charge in [-0.25, -0.2) is 0 Å². The average molecular weight is 402 g/mol. The second-order valence-electron chi connectivity index (χ2n) is 7.38. The lowest BCUT2D eigenvalue weighted by atomic mass is 10.0. The molecule has 2 aliphatic rings. The van der Waals surface area contributed by atoms with Gasteiger partial charge in [0.15, 0.2) is 0 Å². The smallest absolute Gasteiger partial charge is 0.277 e. The highest BCUT2D eigenvalue weighted by molar-refractivity contribution is 6.35. The molecule has 7 heteroatoms. The van der Waals surface area contributed by atoms with E-state index in [1.807, 2.05) is 49.9 Å². The maximum absolute atomic E-state index is 13.2. The minimum Gasteiger partial charge on any atom is -0.494 e. The molecular formula is C22H30N2O5. The zero-order chi connectivity index (χ0) is 20.8. The first-order valence-electron chi connectivity index (χ1n) is 10.3. The van der Waals surface area contributed by atoms with Gasteiger partial charge in [-0.05, 0) is 38.0 Å². The van der Waals surface area contributed by atoms with Gasteiger partial charge in [0.2, 0.25) is 0 Å². The first-order chi connectivity index (χ1) is 14.0. The Labute approximate surface area is 172 Å². The summed E-state index contributed by atoms with van der Waals surface area (Å²) in [4.78, 5) is 29.6. The monoisotopic (exact) mass is 402 g/mol. The van der Waals surface area contributed by atoms with Crippen LogP contribution < -0.4 is 4.74 Å². The van der Waals surface area contributed by atoms with E-state index in [0.717, 1.165) is 17.7 Å². The van der Waals surface area contributed by atoms with Crippen molar-refractivity contribution in [2.24, 2.45) is 0 Å². The van der Waals surface area contributed by atoms with E-state index in [0.29, 0.717) is 50.8 Å². The van der Waals surface area contributed by atoms with Gasteiger partial charge in [-0.2, -0.15) is 0 Å². The zero-order valence-electron chi connectivity index (χ0n) is 17.5. The van der Waals surface area contributed by atoms with Crippen molar-refractivity contribution in [3.05, 3.63) is 35.5 Å². The predicted molar refractivity (Wildman–Crippen MR) is 109 cm³/mol. The number of carbonyl (C=O) groups excluding carboxylic acids is 2. The van der Waals surface area contributed by atoms with Crippen molar-refractivity contribution in [2.75, 3.05) is 46.1 Å². The third-order valence-corrected chi connectivity index (χ3v) is 4.85. The summed E-state index contributed by atoms with van der Waals surface area (Å²) < 4.78 is 16.6. The van der Waals surface area contributed by atoms with Gasteiger partial charge in [0.25, 0.3) is 11.8 Å². The van der Waals surface area contributed by atoms with E-state index >= 15 is 0 Å². The van der Waals surface area contributed by atoms with Gasteiger partial charge in [-0.15, -0.1) is 0 Å². The number of imide groups is 1. The number of hydrogen-bond donors (Lipinski definition) is 0. The average Bonchev–Trinajstić information content (AvgIpc) is 2.97. The molecule has 0 bridgehead atoms. The summed E-state index contributed by atoms with van der Waals surface area (Å²) in [6, 6.07) is 7.38. The van der Waals surface area contributed by atoms with Crippen LogP contribution in [0.4, 0.5) is 0 Å². The number of ether oxygens (including phenoxy) is 3. The molecule has 2 amide bonds. The van der Waals surface area contributed by atoms with Crippen molar-refractivity contribution < 1.29 is 23.8 Å². The highest BCUT2D eigenvalue weighted by Gasteiger charge is 2.41. The van der Waals surface area contributed by atoms with Crippen LogP contribution in [0.15, 0.2) is 30.0 Å². The Morgan fingerprint density at radius 2 is 1.72 bits per heavy atom. The van der Waals surface area contributed by atoms with Crippen LogP contribution in [0.25, 0.3) is 5.57 Å². The Balaban J connectivity index is 1.88. The molecule has 2 aliphatic heterocycles. The molecule has 0 saturated carbocycles. The molecule has 29 heavy (non-hydrogen) atoms.